The summed E-state index contributed by atoms with van der Waals surface area (Å²) in [6.45, 7) is 3.20. The monoisotopic (exact) mass is 370 g/mol. The van der Waals surface area contributed by atoms with Crippen LogP contribution in [0.2, 0.25) is 0 Å². The zero-order chi connectivity index (χ0) is 19.4. The van der Waals surface area contributed by atoms with Gasteiger partial charge < -0.3 is 24.8 Å². The van der Waals surface area contributed by atoms with E-state index in [4.69, 9.17) is 9.47 Å². The summed E-state index contributed by atoms with van der Waals surface area (Å²) >= 11 is 0. The van der Waals surface area contributed by atoms with Gasteiger partial charge in [0.1, 0.15) is 5.75 Å². The smallest absolute Gasteiger partial charge is 0.317 e. The molecule has 1 aliphatic rings. The number of phenolic OH excluding ortho intramolecular Hbond substituents is 1. The van der Waals surface area contributed by atoms with Crippen LogP contribution in [0.1, 0.15) is 23.6 Å². The molecule has 0 fully saturated rings. The van der Waals surface area contributed by atoms with Crippen molar-refractivity contribution in [2.45, 2.75) is 32.4 Å². The summed E-state index contributed by atoms with van der Waals surface area (Å²) in [6, 6.07) is 10.9. The molecule has 0 aliphatic carbocycles. The Morgan fingerprint density at radius 3 is 2.41 bits per heavy atom. The molecule has 6 nitrogen and oxygen atoms in total. The number of nitrogens with one attached hydrogen (secondary N) is 1. The number of fused-ring (bicyclic) bond motifs is 1. The predicted octanol–water partition coefficient (Wildman–Crippen LogP) is 3.11. The van der Waals surface area contributed by atoms with E-state index < -0.39 is 0 Å². The molecule has 6 heteroatoms. The molecule has 1 atom stereocenters. The van der Waals surface area contributed by atoms with Crippen LogP contribution in [0.4, 0.5) is 4.79 Å². The largest absolute Gasteiger partial charge is 0.508 e. The number of rotatable bonds is 5. The molecular weight excluding hydrogens is 344 g/mol. The molecule has 0 saturated carbocycles. The predicted molar refractivity (Wildman–Crippen MR) is 103 cm³/mol. The Bertz CT molecular complexity index is 805. The average Bonchev–Trinajstić information content (AvgIpc) is 2.68. The molecule has 1 aliphatic heterocycles. The number of phenols is 1. The first-order chi connectivity index (χ1) is 13.0. The van der Waals surface area contributed by atoms with Crippen LogP contribution in [0.15, 0.2) is 36.4 Å². The molecule has 1 heterocycles. The summed E-state index contributed by atoms with van der Waals surface area (Å²) in [4.78, 5) is 14.5. The fourth-order valence-corrected chi connectivity index (χ4v) is 3.40. The van der Waals surface area contributed by atoms with Gasteiger partial charge in [0.2, 0.25) is 0 Å². The van der Waals surface area contributed by atoms with E-state index in [1.807, 2.05) is 36.1 Å². The van der Waals surface area contributed by atoms with Gasteiger partial charge in [0.05, 0.1) is 14.2 Å². The standard InChI is InChI=1S/C21H26N2O4/c1-14(10-15-4-6-18(24)7-5-15)22-21(25)23-9-8-16-11-19(26-2)20(27-3)12-17(16)13-23/h4-7,11-12,14,24H,8-10,13H2,1-3H3,(H,22,25)/t14-/m0/s1. The van der Waals surface area contributed by atoms with E-state index in [1.165, 1.54) is 5.56 Å². The molecule has 0 unspecified atom stereocenters. The van der Waals surface area contributed by atoms with E-state index in [1.54, 1.807) is 26.4 Å². The van der Waals surface area contributed by atoms with Gasteiger partial charge in [0, 0.05) is 19.1 Å². The lowest BCUT2D eigenvalue weighted by atomic mass is 9.99. The fourth-order valence-electron chi connectivity index (χ4n) is 3.40. The maximum atomic E-state index is 12.7. The maximum absolute atomic E-state index is 12.7. The molecule has 2 N–H and O–H groups in total. The number of carbonyl (C=O) groups excluding carboxylic acids is 1. The first-order valence-corrected chi connectivity index (χ1v) is 9.07. The maximum Gasteiger partial charge on any atom is 0.317 e. The third kappa shape index (κ3) is 4.45. The van der Waals surface area contributed by atoms with Crippen molar-refractivity contribution in [2.75, 3.05) is 20.8 Å². The minimum absolute atomic E-state index is 0.00570. The second-order valence-electron chi connectivity index (χ2n) is 6.87. The van der Waals surface area contributed by atoms with Crippen molar-refractivity contribution in [3.63, 3.8) is 0 Å². The van der Waals surface area contributed by atoms with Crippen LogP contribution in [-0.4, -0.2) is 42.8 Å². The molecule has 2 aromatic rings. The van der Waals surface area contributed by atoms with Crippen LogP contribution in [0.25, 0.3) is 0 Å². The van der Waals surface area contributed by atoms with Gasteiger partial charge in [-0.25, -0.2) is 4.79 Å². The van der Waals surface area contributed by atoms with Crippen LogP contribution in [-0.2, 0) is 19.4 Å². The van der Waals surface area contributed by atoms with Gasteiger partial charge in [0.15, 0.2) is 11.5 Å². The normalized spacial score (nSPS) is 14.3. The van der Waals surface area contributed by atoms with Gasteiger partial charge in [-0.05, 0) is 60.7 Å². The van der Waals surface area contributed by atoms with Crippen LogP contribution >= 0.6 is 0 Å². The Morgan fingerprint density at radius 2 is 1.78 bits per heavy atom. The molecular formula is C21H26N2O4. The number of amides is 2. The van der Waals surface area contributed by atoms with Gasteiger partial charge in [-0.2, -0.15) is 0 Å². The number of ether oxygens (including phenoxy) is 2. The quantitative estimate of drug-likeness (QED) is 0.848. The SMILES string of the molecule is COc1cc2c(cc1OC)CN(C(=O)N[C@@H](C)Cc1ccc(O)cc1)CC2. The van der Waals surface area contributed by atoms with Crippen molar-refractivity contribution in [1.82, 2.24) is 10.2 Å². The molecule has 27 heavy (non-hydrogen) atoms. The van der Waals surface area contributed by atoms with Gasteiger partial charge in [-0.3, -0.25) is 0 Å². The Labute approximate surface area is 159 Å². The highest BCUT2D eigenvalue weighted by Crippen LogP contribution is 2.33. The van der Waals surface area contributed by atoms with Crippen LogP contribution in [0.5, 0.6) is 17.2 Å². The molecule has 2 aromatic carbocycles. The lowest BCUT2D eigenvalue weighted by Crippen LogP contribution is -2.46. The average molecular weight is 370 g/mol. The highest BCUT2D eigenvalue weighted by atomic mass is 16.5. The van der Waals surface area contributed by atoms with E-state index >= 15 is 0 Å². The molecule has 0 spiro atoms. The van der Waals surface area contributed by atoms with E-state index in [9.17, 15) is 9.90 Å². The van der Waals surface area contributed by atoms with Crippen molar-refractivity contribution in [3.8, 4) is 17.2 Å². The van der Waals surface area contributed by atoms with Crippen molar-refractivity contribution in [3.05, 3.63) is 53.1 Å². The molecule has 0 aromatic heterocycles. The Morgan fingerprint density at radius 1 is 1.15 bits per heavy atom. The fraction of sp³-hybridized carbons (Fsp3) is 0.381. The van der Waals surface area contributed by atoms with Gasteiger partial charge in [-0.1, -0.05) is 12.1 Å². The minimum atomic E-state index is -0.0679. The number of urea groups is 1. The summed E-state index contributed by atoms with van der Waals surface area (Å²) in [6.07, 6.45) is 1.50. The van der Waals surface area contributed by atoms with Crippen LogP contribution in [0.3, 0.4) is 0 Å². The Balaban J connectivity index is 1.62. The molecule has 0 radical (unpaired) electrons. The van der Waals surface area contributed by atoms with Crippen molar-refractivity contribution in [1.29, 1.82) is 0 Å². The summed E-state index contributed by atoms with van der Waals surface area (Å²) in [5.74, 6) is 1.64. The zero-order valence-corrected chi connectivity index (χ0v) is 16.0. The highest BCUT2D eigenvalue weighted by Gasteiger charge is 2.23. The van der Waals surface area contributed by atoms with Crippen molar-refractivity contribution < 1.29 is 19.4 Å². The van der Waals surface area contributed by atoms with E-state index in [2.05, 4.69) is 5.32 Å². The second kappa shape index (κ2) is 8.20. The topological polar surface area (TPSA) is 71.0 Å². The second-order valence-corrected chi connectivity index (χ2v) is 6.87. The first-order valence-electron chi connectivity index (χ1n) is 9.07. The van der Waals surface area contributed by atoms with Crippen molar-refractivity contribution >= 4 is 6.03 Å². The van der Waals surface area contributed by atoms with Crippen LogP contribution < -0.4 is 14.8 Å². The van der Waals surface area contributed by atoms with Gasteiger partial charge in [-0.15, -0.1) is 0 Å². The van der Waals surface area contributed by atoms with E-state index in [-0.39, 0.29) is 17.8 Å². The van der Waals surface area contributed by atoms with E-state index in [0.29, 0.717) is 25.3 Å². The molecule has 3 rings (SSSR count). The number of hydrogen-bond acceptors (Lipinski definition) is 4. The third-order valence-corrected chi connectivity index (χ3v) is 4.85. The van der Waals surface area contributed by atoms with Crippen LogP contribution in [0, 0.1) is 0 Å². The Kier molecular flexibility index (Phi) is 5.74. The highest BCUT2D eigenvalue weighted by molar-refractivity contribution is 5.75. The van der Waals surface area contributed by atoms with Gasteiger partial charge in [0.25, 0.3) is 0 Å². The number of carbonyl (C=O) groups is 1. The minimum Gasteiger partial charge on any atom is -0.508 e. The number of aromatic hydroxyl groups is 1. The van der Waals surface area contributed by atoms with Crippen molar-refractivity contribution in [2.24, 2.45) is 0 Å². The summed E-state index contributed by atoms with van der Waals surface area (Å²) in [7, 11) is 3.24. The number of hydrogen-bond donors (Lipinski definition) is 2. The third-order valence-electron chi connectivity index (χ3n) is 4.85. The zero-order valence-electron chi connectivity index (χ0n) is 16.0. The van der Waals surface area contributed by atoms with E-state index in [0.717, 1.165) is 23.3 Å². The number of nitrogens with zero attached hydrogens (tertiary/aromatic N) is 1. The number of methoxy groups -OCH3 is 2. The number of benzene rings is 2. The lowest BCUT2D eigenvalue weighted by Gasteiger charge is -2.30. The van der Waals surface area contributed by atoms with Gasteiger partial charge >= 0.3 is 6.03 Å². The molecule has 2 amide bonds. The first kappa shape index (κ1) is 18.9. The molecule has 0 bridgehead atoms. The lowest BCUT2D eigenvalue weighted by molar-refractivity contribution is 0.189. The summed E-state index contributed by atoms with van der Waals surface area (Å²) in [5.41, 5.74) is 3.34. The summed E-state index contributed by atoms with van der Waals surface area (Å²) < 4.78 is 10.7. The molecule has 0 saturated heterocycles. The summed E-state index contributed by atoms with van der Waals surface area (Å²) in [5, 5.41) is 12.4. The molecule has 144 valence electrons. The Hall–Kier alpha value is -2.89.